The van der Waals surface area contributed by atoms with E-state index in [0.717, 1.165) is 47.1 Å². The van der Waals surface area contributed by atoms with Crippen LogP contribution >= 0.6 is 11.6 Å². The van der Waals surface area contributed by atoms with Crippen molar-refractivity contribution in [2.24, 2.45) is 0 Å². The number of piperidine rings is 1. The Labute approximate surface area is 263 Å². The Morgan fingerprint density at radius 2 is 1.71 bits per heavy atom. The number of hydrogen-bond donors (Lipinski definition) is 2. The van der Waals surface area contributed by atoms with Crippen LogP contribution in [0.2, 0.25) is 5.02 Å². The van der Waals surface area contributed by atoms with Crippen LogP contribution in [0.3, 0.4) is 0 Å². The summed E-state index contributed by atoms with van der Waals surface area (Å²) in [6, 6.07) is 18.5. The number of halogens is 2. The van der Waals surface area contributed by atoms with Gasteiger partial charge in [0.2, 0.25) is 5.91 Å². The Morgan fingerprint density at radius 3 is 2.37 bits per heavy atom. The molecule has 1 saturated heterocycles. The predicted octanol–water partition coefficient (Wildman–Crippen LogP) is 3.19. The quantitative estimate of drug-likeness (QED) is 0.205. The molecule has 1 heterocycles. The Balaban J connectivity index is 0.00000462. The lowest BCUT2D eigenvalue weighted by Crippen LogP contribution is -3.00. The molecule has 0 atom stereocenters. The third-order valence-corrected chi connectivity index (χ3v) is 7.47. The zero-order valence-electron chi connectivity index (χ0n) is 23.4. The molecule has 2 amide bonds. The molecule has 0 saturated carbocycles. The topological polar surface area (TPSA) is 93.7 Å². The maximum atomic E-state index is 12.9. The number of methoxy groups -OCH3 is 1. The first-order valence-electron chi connectivity index (χ1n) is 13.3. The zero-order valence-corrected chi connectivity index (χ0v) is 26.3. The van der Waals surface area contributed by atoms with E-state index in [1.54, 1.807) is 0 Å². The minimum absolute atomic E-state index is 0. The zero-order chi connectivity index (χ0) is 28.7. The number of carbonyl (C=O) groups excluding carboxylic acids is 3. The van der Waals surface area contributed by atoms with Crippen LogP contribution in [0.15, 0.2) is 60.7 Å². The van der Waals surface area contributed by atoms with Crippen LogP contribution in [0.1, 0.15) is 35.2 Å². The summed E-state index contributed by atoms with van der Waals surface area (Å²) in [5.41, 5.74) is 3.99. The van der Waals surface area contributed by atoms with E-state index in [-0.39, 0.29) is 47.4 Å². The second-order valence-corrected chi connectivity index (χ2v) is 11.0. The summed E-state index contributed by atoms with van der Waals surface area (Å²) >= 11 is 6.24. The smallest absolute Gasteiger partial charge is 0.411 e. The van der Waals surface area contributed by atoms with E-state index < -0.39 is 6.09 Å². The van der Waals surface area contributed by atoms with Crippen LogP contribution in [0.4, 0.5) is 16.2 Å². The highest BCUT2D eigenvalue weighted by Crippen LogP contribution is 2.32. The Hall–Kier alpha value is -3.15. The van der Waals surface area contributed by atoms with E-state index >= 15 is 0 Å². The normalized spacial score (nSPS) is 14.3. The third-order valence-electron chi connectivity index (χ3n) is 7.15. The second kappa shape index (κ2) is 14.7. The summed E-state index contributed by atoms with van der Waals surface area (Å²) in [6.07, 6.45) is 2.33. The van der Waals surface area contributed by atoms with Gasteiger partial charge in [-0.25, -0.2) is 4.79 Å². The van der Waals surface area contributed by atoms with Gasteiger partial charge >= 0.3 is 6.09 Å². The number of aryl methyl sites for hydroxylation is 1. The standard InChI is InChI=1S/C31H34ClN3O5.HI/c1-35(2)15-13-24(14-16-35)40-31(38)34-27-17-21(9-11-25(27)22-7-5-4-6-8-22)10-12-30(37)33-28-19-29(39-3)23(20-36)18-26(28)32;/h4-9,11,17-20,24H,10,12-16H2,1-3H3,(H-,33,34,36,37,38);1H. The molecular weight excluding hydrogens is 657 g/mol. The number of aldehydes is 1. The number of rotatable bonds is 9. The number of anilines is 2. The minimum atomic E-state index is -0.480. The maximum absolute atomic E-state index is 12.9. The summed E-state index contributed by atoms with van der Waals surface area (Å²) in [5.74, 6) is 0.0762. The molecule has 4 rings (SSSR count). The predicted molar refractivity (Wildman–Crippen MR) is 157 cm³/mol. The molecule has 2 N–H and O–H groups in total. The first-order valence-corrected chi connectivity index (χ1v) is 13.7. The first kappa shape index (κ1) is 32.4. The third kappa shape index (κ3) is 8.92. The van der Waals surface area contributed by atoms with Crippen molar-refractivity contribution < 1.29 is 52.3 Å². The number of nitrogens with one attached hydrogen (secondary N) is 2. The molecule has 10 heteroatoms. The second-order valence-electron chi connectivity index (χ2n) is 10.6. The highest BCUT2D eigenvalue weighted by Gasteiger charge is 2.28. The van der Waals surface area contributed by atoms with Crippen LogP contribution in [-0.2, 0) is 16.0 Å². The van der Waals surface area contributed by atoms with Gasteiger partial charge in [-0.15, -0.1) is 0 Å². The fourth-order valence-corrected chi connectivity index (χ4v) is 4.99. The minimum Gasteiger partial charge on any atom is -1.00 e. The molecule has 1 aliphatic rings. The van der Waals surface area contributed by atoms with E-state index in [1.807, 2.05) is 48.5 Å². The SMILES string of the molecule is COc1cc(NC(=O)CCc2ccc(-c3ccccc3)c(NC(=O)OC3CC[N+](C)(C)CC3)c2)c(Cl)cc1C=O.[I-]. The summed E-state index contributed by atoms with van der Waals surface area (Å²) in [7, 11) is 5.81. The number of quaternary nitrogens is 1. The molecule has 1 fully saturated rings. The van der Waals surface area contributed by atoms with E-state index in [4.69, 9.17) is 21.1 Å². The highest BCUT2D eigenvalue weighted by atomic mass is 127. The number of benzene rings is 3. The summed E-state index contributed by atoms with van der Waals surface area (Å²) in [4.78, 5) is 36.8. The van der Waals surface area contributed by atoms with Crippen molar-refractivity contribution >= 4 is 41.3 Å². The van der Waals surface area contributed by atoms with E-state index in [2.05, 4.69) is 24.7 Å². The fourth-order valence-electron chi connectivity index (χ4n) is 4.78. The molecule has 3 aromatic carbocycles. The molecule has 0 aromatic heterocycles. The first-order chi connectivity index (χ1) is 19.2. The average Bonchev–Trinajstić information content (AvgIpc) is 2.94. The lowest BCUT2D eigenvalue weighted by Gasteiger charge is -2.36. The van der Waals surface area contributed by atoms with Gasteiger partial charge in [0.05, 0.1) is 56.3 Å². The molecule has 0 unspecified atom stereocenters. The van der Waals surface area contributed by atoms with Gasteiger partial charge in [0, 0.05) is 30.9 Å². The number of ether oxygens (including phenoxy) is 2. The van der Waals surface area contributed by atoms with Crippen molar-refractivity contribution in [3.05, 3.63) is 76.8 Å². The lowest BCUT2D eigenvalue weighted by molar-refractivity contribution is -0.896. The van der Waals surface area contributed by atoms with Gasteiger partial charge in [-0.2, -0.15) is 0 Å². The summed E-state index contributed by atoms with van der Waals surface area (Å²) in [6.45, 7) is 1.92. The maximum Gasteiger partial charge on any atom is 0.411 e. The van der Waals surface area contributed by atoms with Crippen molar-refractivity contribution in [2.75, 3.05) is 44.9 Å². The van der Waals surface area contributed by atoms with Crippen LogP contribution < -0.4 is 39.3 Å². The van der Waals surface area contributed by atoms with Gasteiger partial charge in [0.15, 0.2) is 6.29 Å². The van der Waals surface area contributed by atoms with Crippen molar-refractivity contribution in [3.8, 4) is 16.9 Å². The number of likely N-dealkylation sites (tertiary alicyclic amines) is 1. The molecule has 0 spiro atoms. The van der Waals surface area contributed by atoms with E-state index in [9.17, 15) is 14.4 Å². The molecule has 0 aliphatic carbocycles. The number of carbonyl (C=O) groups is 3. The molecule has 8 nitrogen and oxygen atoms in total. The summed E-state index contributed by atoms with van der Waals surface area (Å²) in [5, 5.41) is 5.98. The van der Waals surface area contributed by atoms with Gasteiger partial charge < -0.3 is 43.3 Å². The molecule has 1 aliphatic heterocycles. The van der Waals surface area contributed by atoms with Crippen LogP contribution in [0.5, 0.6) is 5.75 Å². The van der Waals surface area contributed by atoms with Crippen LogP contribution in [0, 0.1) is 0 Å². The number of nitrogens with zero attached hydrogens (tertiary/aromatic N) is 1. The molecule has 3 aromatic rings. The van der Waals surface area contributed by atoms with Crippen LogP contribution in [-0.4, -0.2) is 63.2 Å². The largest absolute Gasteiger partial charge is 1.00 e. The van der Waals surface area contributed by atoms with E-state index in [1.165, 1.54) is 19.2 Å². The van der Waals surface area contributed by atoms with Gasteiger partial charge in [0.1, 0.15) is 11.9 Å². The van der Waals surface area contributed by atoms with Crippen molar-refractivity contribution in [3.63, 3.8) is 0 Å². The molecular formula is C31H35ClIN3O5. The number of amides is 2. The lowest BCUT2D eigenvalue weighted by atomic mass is 9.99. The molecule has 41 heavy (non-hydrogen) atoms. The number of hydrogen-bond acceptors (Lipinski definition) is 5. The van der Waals surface area contributed by atoms with Crippen molar-refractivity contribution in [1.82, 2.24) is 0 Å². The van der Waals surface area contributed by atoms with Crippen LogP contribution in [0.25, 0.3) is 11.1 Å². The van der Waals surface area contributed by atoms with Gasteiger partial charge in [-0.3, -0.25) is 14.9 Å². The Bertz CT molecular complexity index is 1370. The van der Waals surface area contributed by atoms with Crippen molar-refractivity contribution in [2.45, 2.75) is 31.8 Å². The van der Waals surface area contributed by atoms with Gasteiger partial charge in [0.25, 0.3) is 0 Å². The van der Waals surface area contributed by atoms with Crippen molar-refractivity contribution in [1.29, 1.82) is 0 Å². The molecule has 218 valence electrons. The summed E-state index contributed by atoms with van der Waals surface area (Å²) < 4.78 is 11.9. The van der Waals surface area contributed by atoms with E-state index in [0.29, 0.717) is 35.4 Å². The van der Waals surface area contributed by atoms with Gasteiger partial charge in [-0.1, -0.05) is 54.1 Å². The molecule has 0 radical (unpaired) electrons. The Kier molecular flexibility index (Phi) is 11.6. The highest BCUT2D eigenvalue weighted by molar-refractivity contribution is 6.34. The molecule has 0 bridgehead atoms. The van der Waals surface area contributed by atoms with Gasteiger partial charge in [-0.05, 0) is 29.7 Å². The Morgan fingerprint density at radius 1 is 1.00 bits per heavy atom. The fraction of sp³-hybridized carbons (Fsp3) is 0.323. The monoisotopic (exact) mass is 691 g/mol. The average molecular weight is 692 g/mol.